The molecule has 0 aliphatic carbocycles. The van der Waals surface area contributed by atoms with Crippen LogP contribution in [0.15, 0.2) is 30.5 Å². The number of halogens is 1. The number of amides is 1. The molecule has 11 heteroatoms. The first-order chi connectivity index (χ1) is 21.5. The van der Waals surface area contributed by atoms with E-state index >= 15 is 0 Å². The molecule has 0 fully saturated rings. The number of hydrogen-bond acceptors (Lipinski definition) is 6. The van der Waals surface area contributed by atoms with Gasteiger partial charge in [0.25, 0.3) is 0 Å². The molecule has 4 N–H and O–H groups in total. The summed E-state index contributed by atoms with van der Waals surface area (Å²) in [6.07, 6.45) is 16.0. The van der Waals surface area contributed by atoms with E-state index in [1.807, 2.05) is 26.0 Å². The standard InChI is InChI=1S/C35H57N2O7P.ClH/c1-5-6-7-8-9-10-11-12-13-14-15-16-17-18-34(39)37-31(33(38)26-45(40,41)42)23-29-19-21-30(22-20-29)44-25-32-28(3)35(43-4)27(2)24-36-32;/h19-22,24,31,33,38H,5-18,23,25-26H2,1-4H3,(H,37,39)(H2,40,41,42);1H/t31-,33?;/m1./s1. The normalized spacial score (nSPS) is 12.7. The zero-order chi connectivity index (χ0) is 33.1. The fraction of sp³-hybridized carbons (Fsp3) is 0.657. The second-order valence-electron chi connectivity index (χ2n) is 12.3. The fourth-order valence-electron chi connectivity index (χ4n) is 5.58. The van der Waals surface area contributed by atoms with E-state index in [0.29, 0.717) is 12.2 Å². The molecule has 46 heavy (non-hydrogen) atoms. The molecular formula is C35H58ClN2O7P. The number of aliphatic hydroxyl groups is 1. The number of carbonyl (C=O) groups excluding carboxylic acids is 1. The van der Waals surface area contributed by atoms with Crippen LogP contribution in [-0.2, 0) is 22.4 Å². The van der Waals surface area contributed by atoms with Crippen molar-refractivity contribution in [3.8, 4) is 11.5 Å². The van der Waals surface area contributed by atoms with Gasteiger partial charge in [-0.1, -0.05) is 96.1 Å². The van der Waals surface area contributed by atoms with Crippen molar-refractivity contribution in [3.63, 3.8) is 0 Å². The lowest BCUT2D eigenvalue weighted by Gasteiger charge is -2.25. The number of aryl methyl sites for hydroxylation is 1. The summed E-state index contributed by atoms with van der Waals surface area (Å²) in [6, 6.07) is 6.39. The van der Waals surface area contributed by atoms with Gasteiger partial charge in [-0.05, 0) is 44.4 Å². The molecule has 1 heterocycles. The van der Waals surface area contributed by atoms with Crippen LogP contribution in [0.1, 0.15) is 119 Å². The molecule has 0 radical (unpaired) electrons. The molecule has 1 aromatic heterocycles. The highest BCUT2D eigenvalue weighted by atomic mass is 35.5. The number of methoxy groups -OCH3 is 1. The Morgan fingerprint density at radius 1 is 0.913 bits per heavy atom. The smallest absolute Gasteiger partial charge is 0.328 e. The van der Waals surface area contributed by atoms with Crippen molar-refractivity contribution in [2.24, 2.45) is 0 Å². The molecule has 0 spiro atoms. The molecule has 0 saturated heterocycles. The predicted octanol–water partition coefficient (Wildman–Crippen LogP) is 7.76. The molecule has 9 nitrogen and oxygen atoms in total. The molecule has 0 aliphatic heterocycles. The number of rotatable bonds is 24. The number of hydrogen-bond donors (Lipinski definition) is 4. The number of pyridine rings is 1. The number of nitrogens with one attached hydrogen (secondary N) is 1. The first-order valence-corrected chi connectivity index (χ1v) is 18.6. The minimum Gasteiger partial charge on any atom is -0.496 e. The van der Waals surface area contributed by atoms with Gasteiger partial charge >= 0.3 is 7.60 Å². The summed E-state index contributed by atoms with van der Waals surface area (Å²) in [5, 5.41) is 13.5. The summed E-state index contributed by atoms with van der Waals surface area (Å²) in [6.45, 7) is 6.39. The van der Waals surface area contributed by atoms with Gasteiger partial charge in [-0.2, -0.15) is 0 Å². The predicted molar refractivity (Wildman–Crippen MR) is 187 cm³/mol. The number of benzene rings is 1. The highest BCUT2D eigenvalue weighted by molar-refractivity contribution is 7.51. The number of unbranched alkanes of at least 4 members (excludes halogenated alkanes) is 12. The Hall–Kier alpha value is -2.16. The molecule has 262 valence electrons. The summed E-state index contributed by atoms with van der Waals surface area (Å²) in [5.41, 5.74) is 3.44. The third kappa shape index (κ3) is 17.1. The molecule has 0 bridgehead atoms. The number of aliphatic hydroxyl groups excluding tert-OH is 1. The van der Waals surface area contributed by atoms with Crippen LogP contribution in [0.2, 0.25) is 0 Å². The van der Waals surface area contributed by atoms with Crippen LogP contribution in [0.3, 0.4) is 0 Å². The molecule has 2 aromatic rings. The van der Waals surface area contributed by atoms with Crippen LogP contribution >= 0.6 is 20.0 Å². The Morgan fingerprint density at radius 2 is 1.46 bits per heavy atom. The van der Waals surface area contributed by atoms with Crippen LogP contribution in [0.5, 0.6) is 11.5 Å². The van der Waals surface area contributed by atoms with Gasteiger partial charge in [-0.3, -0.25) is 14.3 Å². The van der Waals surface area contributed by atoms with Gasteiger partial charge in [0.1, 0.15) is 18.1 Å². The van der Waals surface area contributed by atoms with Gasteiger partial charge in [0, 0.05) is 23.7 Å². The van der Waals surface area contributed by atoms with E-state index in [1.54, 1.807) is 25.4 Å². The van der Waals surface area contributed by atoms with Crippen LogP contribution in [0, 0.1) is 13.8 Å². The van der Waals surface area contributed by atoms with E-state index in [2.05, 4.69) is 17.2 Å². The van der Waals surface area contributed by atoms with Crippen molar-refractivity contribution in [3.05, 3.63) is 52.8 Å². The molecule has 0 aliphatic rings. The van der Waals surface area contributed by atoms with E-state index in [9.17, 15) is 24.3 Å². The molecule has 1 aromatic carbocycles. The van der Waals surface area contributed by atoms with Gasteiger partial charge in [-0.25, -0.2) is 0 Å². The molecular weight excluding hydrogens is 627 g/mol. The van der Waals surface area contributed by atoms with Crippen molar-refractivity contribution in [1.82, 2.24) is 10.3 Å². The molecule has 2 atom stereocenters. The topological polar surface area (TPSA) is 138 Å². The zero-order valence-electron chi connectivity index (χ0n) is 28.3. The van der Waals surface area contributed by atoms with E-state index in [0.717, 1.165) is 47.4 Å². The van der Waals surface area contributed by atoms with E-state index in [1.165, 1.54) is 64.2 Å². The first kappa shape index (κ1) is 41.9. The average molecular weight is 685 g/mol. The quantitative estimate of drug-likeness (QED) is 0.0650. The Labute approximate surface area is 282 Å². The second-order valence-corrected chi connectivity index (χ2v) is 14.0. The monoisotopic (exact) mass is 684 g/mol. The minimum absolute atomic E-state index is 0. The lowest BCUT2D eigenvalue weighted by Crippen LogP contribution is -2.46. The zero-order valence-corrected chi connectivity index (χ0v) is 30.1. The van der Waals surface area contributed by atoms with Crippen molar-refractivity contribution in [2.75, 3.05) is 13.3 Å². The third-order valence-corrected chi connectivity index (χ3v) is 9.10. The van der Waals surface area contributed by atoms with Crippen LogP contribution in [-0.4, -0.2) is 51.2 Å². The lowest BCUT2D eigenvalue weighted by molar-refractivity contribution is -0.122. The third-order valence-electron chi connectivity index (χ3n) is 8.25. The van der Waals surface area contributed by atoms with Crippen molar-refractivity contribution < 1.29 is 33.7 Å². The maximum absolute atomic E-state index is 12.7. The SMILES string of the molecule is CCCCCCCCCCCCCCCC(=O)N[C@H](Cc1ccc(OCc2ncc(C)c(OC)c2C)cc1)C(O)CP(=O)(O)O.Cl. The largest absolute Gasteiger partial charge is 0.496 e. The summed E-state index contributed by atoms with van der Waals surface area (Å²) < 4.78 is 23.0. The van der Waals surface area contributed by atoms with Crippen molar-refractivity contribution in [2.45, 2.75) is 136 Å². The highest BCUT2D eigenvalue weighted by Crippen LogP contribution is 2.36. The summed E-state index contributed by atoms with van der Waals surface area (Å²) in [5.74, 6) is 1.19. The number of ether oxygens (including phenoxy) is 2. The van der Waals surface area contributed by atoms with E-state index in [-0.39, 0.29) is 31.3 Å². The Bertz CT molecular complexity index is 1180. The van der Waals surface area contributed by atoms with Gasteiger partial charge in [0.2, 0.25) is 5.91 Å². The Kier molecular flexibility index (Phi) is 21.1. The highest BCUT2D eigenvalue weighted by Gasteiger charge is 2.28. The molecule has 1 amide bonds. The summed E-state index contributed by atoms with van der Waals surface area (Å²) in [4.78, 5) is 36.1. The first-order valence-electron chi connectivity index (χ1n) is 16.8. The minimum atomic E-state index is -4.47. The van der Waals surface area contributed by atoms with Gasteiger partial charge < -0.3 is 29.7 Å². The Balaban J connectivity index is 0.0000106. The van der Waals surface area contributed by atoms with Crippen LogP contribution in [0.4, 0.5) is 0 Å². The average Bonchev–Trinajstić information content (AvgIpc) is 2.99. The van der Waals surface area contributed by atoms with E-state index < -0.39 is 25.9 Å². The molecule has 1 unspecified atom stereocenters. The maximum atomic E-state index is 12.7. The van der Waals surface area contributed by atoms with Crippen molar-refractivity contribution >= 4 is 25.9 Å². The maximum Gasteiger partial charge on any atom is 0.328 e. The van der Waals surface area contributed by atoms with Gasteiger partial charge in [0.15, 0.2) is 0 Å². The van der Waals surface area contributed by atoms with Gasteiger partial charge in [0.05, 0.1) is 31.1 Å². The Morgan fingerprint density at radius 3 is 1.98 bits per heavy atom. The van der Waals surface area contributed by atoms with Crippen LogP contribution < -0.4 is 14.8 Å². The summed E-state index contributed by atoms with van der Waals surface area (Å²) in [7, 11) is -2.84. The lowest BCUT2D eigenvalue weighted by atomic mass is 10.0. The molecule has 2 rings (SSSR count). The number of nitrogens with zero attached hydrogens (tertiary/aromatic N) is 1. The fourth-order valence-corrected chi connectivity index (χ4v) is 6.32. The number of aromatic nitrogens is 1. The van der Waals surface area contributed by atoms with Gasteiger partial charge in [-0.15, -0.1) is 12.4 Å². The van der Waals surface area contributed by atoms with Crippen molar-refractivity contribution in [1.29, 1.82) is 0 Å². The number of carbonyl (C=O) groups is 1. The molecule has 0 saturated carbocycles. The second kappa shape index (κ2) is 23.2. The summed E-state index contributed by atoms with van der Waals surface area (Å²) >= 11 is 0. The van der Waals surface area contributed by atoms with E-state index in [4.69, 9.17) is 9.47 Å². The van der Waals surface area contributed by atoms with Crippen LogP contribution in [0.25, 0.3) is 0 Å².